The highest BCUT2D eigenvalue weighted by Crippen LogP contribution is 2.41. The predicted molar refractivity (Wildman–Crippen MR) is 301 cm³/mol. The molecule has 0 saturated carbocycles. The molecule has 354 valence electrons. The Morgan fingerprint density at radius 1 is 0.471 bits per heavy atom. The Morgan fingerprint density at radius 2 is 0.943 bits per heavy atom. The summed E-state index contributed by atoms with van der Waals surface area (Å²) in [5, 5.41) is 11.0. The van der Waals surface area contributed by atoms with Gasteiger partial charge in [-0.15, -0.1) is 0 Å². The molecule has 0 unspecified atom stereocenters. The number of benzene rings is 7. The van der Waals surface area contributed by atoms with Gasteiger partial charge in [0, 0.05) is 33.7 Å². The van der Waals surface area contributed by atoms with Crippen LogP contribution >= 0.6 is 0 Å². The number of furan rings is 3. The van der Waals surface area contributed by atoms with Crippen LogP contribution < -0.4 is 0 Å². The number of hydrogen-bond donors (Lipinski definition) is 0. The molecule has 70 heavy (non-hydrogen) atoms. The number of hydrogen-bond acceptors (Lipinski definition) is 3. The van der Waals surface area contributed by atoms with Crippen LogP contribution in [0.2, 0.25) is 0 Å². The van der Waals surface area contributed by atoms with Crippen LogP contribution in [0.15, 0.2) is 165 Å². The average molecular weight is 921 g/mol. The molecule has 0 saturated heterocycles. The van der Waals surface area contributed by atoms with E-state index in [2.05, 4.69) is 166 Å². The second kappa shape index (κ2) is 21.8. The molecule has 0 atom stereocenters. The number of allylic oxidation sites excluding steroid dienone is 4. The highest BCUT2D eigenvalue weighted by molar-refractivity contribution is 6.24. The van der Waals surface area contributed by atoms with Crippen molar-refractivity contribution in [3.05, 3.63) is 180 Å². The Kier molecular flexibility index (Phi) is 14.6. The summed E-state index contributed by atoms with van der Waals surface area (Å²) in [5.41, 5.74) is 11.6. The maximum Gasteiger partial charge on any atom is 0.135 e. The van der Waals surface area contributed by atoms with Gasteiger partial charge in [-0.05, 0) is 148 Å². The first-order valence-corrected chi connectivity index (χ1v) is 26.4. The van der Waals surface area contributed by atoms with Gasteiger partial charge in [-0.25, -0.2) is 0 Å². The minimum absolute atomic E-state index is 0.852. The van der Waals surface area contributed by atoms with Crippen LogP contribution in [-0.4, -0.2) is 0 Å². The molecule has 1 aliphatic rings. The molecule has 0 N–H and O–H groups in total. The third-order valence-corrected chi connectivity index (χ3v) is 14.6. The summed E-state index contributed by atoms with van der Waals surface area (Å²) < 4.78 is 18.8. The first-order valence-electron chi connectivity index (χ1n) is 26.4. The van der Waals surface area contributed by atoms with Gasteiger partial charge >= 0.3 is 0 Å². The van der Waals surface area contributed by atoms with Crippen molar-refractivity contribution in [1.82, 2.24) is 0 Å². The molecule has 0 aliphatic heterocycles. The third kappa shape index (κ3) is 10.1. The second-order valence-corrected chi connectivity index (χ2v) is 19.7. The molecular weight excluding hydrogens is 853 g/mol. The molecule has 0 bridgehead atoms. The summed E-state index contributed by atoms with van der Waals surface area (Å²) in [4.78, 5) is 0. The Morgan fingerprint density at radius 3 is 1.47 bits per heavy atom. The molecule has 11 rings (SSSR count). The Hall–Kier alpha value is -6.84. The van der Waals surface area contributed by atoms with Crippen LogP contribution in [0.25, 0.3) is 99.5 Å². The van der Waals surface area contributed by atoms with E-state index < -0.39 is 0 Å². The lowest BCUT2D eigenvalue weighted by atomic mass is 9.91. The fourth-order valence-corrected chi connectivity index (χ4v) is 10.8. The fourth-order valence-electron chi connectivity index (χ4n) is 10.8. The fraction of sp³-hybridized carbons (Fsp3) is 0.284. The highest BCUT2D eigenvalue weighted by atomic mass is 16.3. The van der Waals surface area contributed by atoms with Gasteiger partial charge in [0.1, 0.15) is 34.0 Å². The summed E-state index contributed by atoms with van der Waals surface area (Å²) in [5.74, 6) is 2.90. The zero-order chi connectivity index (χ0) is 47.8. The summed E-state index contributed by atoms with van der Waals surface area (Å²) >= 11 is 0. The lowest BCUT2D eigenvalue weighted by Gasteiger charge is -2.13. The molecule has 3 aromatic heterocycles. The van der Waals surface area contributed by atoms with Gasteiger partial charge in [-0.3, -0.25) is 0 Å². The standard InChI is InChI=1S/C50H52O2.C17H16O/c1-3-5-7-9-11-13-17-35-19-15-21-37(31-35)49-33-45-43-25-23-40-39(41(43)27-29-47(45)51-49)24-26-44-42(40)28-30-48-46(44)34-50(52-48)38-22-16-20-36(32-38)18-14-12-10-8-6-4-2;1-3-4-7-13-11-16-15-8-5-6-12(2)14(15)9-10-17(16)18-13/h15-16,19-34H,3-14,17-18H2,1-2H3;3-5,8-11H,2,6-7H2,1H3/b;4-3+. The lowest BCUT2D eigenvalue weighted by Crippen LogP contribution is -1.92. The number of fused-ring (bicyclic) bond motifs is 12. The zero-order valence-electron chi connectivity index (χ0n) is 41.7. The average Bonchev–Trinajstić information content (AvgIpc) is 4.16. The van der Waals surface area contributed by atoms with Crippen molar-refractivity contribution >= 4 is 76.9 Å². The van der Waals surface area contributed by atoms with Crippen molar-refractivity contribution in [3.63, 3.8) is 0 Å². The highest BCUT2D eigenvalue weighted by Gasteiger charge is 2.17. The zero-order valence-corrected chi connectivity index (χ0v) is 41.7. The third-order valence-electron chi connectivity index (χ3n) is 14.6. The van der Waals surface area contributed by atoms with Crippen LogP contribution in [-0.2, 0) is 19.3 Å². The molecular formula is C67H68O3. The van der Waals surface area contributed by atoms with Crippen molar-refractivity contribution in [2.24, 2.45) is 0 Å². The molecule has 3 heterocycles. The SMILES string of the molecule is C=C1CC=Cc2c1ccc1oc(C/C=C/C)cc21.CCCCCCCCc1cccc(-c2cc3c(ccc4c3ccc3c5ccc6oc(-c7cccc(CCCCCCCC)c7)cc6c5ccc43)o2)c1. The van der Waals surface area contributed by atoms with Gasteiger partial charge in [0.15, 0.2) is 0 Å². The molecule has 0 amide bonds. The van der Waals surface area contributed by atoms with Crippen molar-refractivity contribution in [1.29, 1.82) is 0 Å². The van der Waals surface area contributed by atoms with Crippen LogP contribution in [0.1, 0.15) is 132 Å². The maximum atomic E-state index is 6.49. The topological polar surface area (TPSA) is 39.4 Å². The van der Waals surface area contributed by atoms with Crippen LogP contribution in [0.5, 0.6) is 0 Å². The smallest absolute Gasteiger partial charge is 0.135 e. The van der Waals surface area contributed by atoms with Gasteiger partial charge in [0.25, 0.3) is 0 Å². The van der Waals surface area contributed by atoms with E-state index in [4.69, 9.17) is 13.3 Å². The molecule has 0 spiro atoms. The van der Waals surface area contributed by atoms with Gasteiger partial charge in [-0.2, -0.15) is 0 Å². The van der Waals surface area contributed by atoms with E-state index in [1.54, 1.807) is 0 Å². The summed E-state index contributed by atoms with van der Waals surface area (Å²) in [7, 11) is 0. The predicted octanol–water partition coefficient (Wildman–Crippen LogP) is 20.8. The van der Waals surface area contributed by atoms with E-state index >= 15 is 0 Å². The number of rotatable bonds is 18. The van der Waals surface area contributed by atoms with E-state index in [9.17, 15) is 0 Å². The minimum atomic E-state index is 0.852. The van der Waals surface area contributed by atoms with Gasteiger partial charge in [0.05, 0.1) is 0 Å². The van der Waals surface area contributed by atoms with Crippen molar-refractivity contribution in [2.45, 2.75) is 124 Å². The van der Waals surface area contributed by atoms with E-state index in [0.29, 0.717) is 0 Å². The summed E-state index contributed by atoms with van der Waals surface area (Å²) in [6.45, 7) is 10.7. The van der Waals surface area contributed by atoms with Crippen molar-refractivity contribution in [3.8, 4) is 22.6 Å². The monoisotopic (exact) mass is 921 g/mol. The molecule has 0 fully saturated rings. The first kappa shape index (κ1) is 46.9. The lowest BCUT2D eigenvalue weighted by molar-refractivity contribution is 0.565. The van der Waals surface area contributed by atoms with E-state index in [-0.39, 0.29) is 0 Å². The normalized spacial score (nSPS) is 12.6. The molecule has 3 nitrogen and oxygen atoms in total. The molecule has 0 radical (unpaired) electrons. The van der Waals surface area contributed by atoms with E-state index in [0.717, 1.165) is 70.8 Å². The Labute approximate surface area is 414 Å². The molecule has 3 heteroatoms. The number of aryl methyl sites for hydroxylation is 2. The van der Waals surface area contributed by atoms with Gasteiger partial charge in [0.2, 0.25) is 0 Å². The maximum absolute atomic E-state index is 6.49. The minimum Gasteiger partial charge on any atom is -0.461 e. The second-order valence-electron chi connectivity index (χ2n) is 19.7. The van der Waals surface area contributed by atoms with E-state index in [1.807, 2.05) is 13.0 Å². The Balaban J connectivity index is 0.000000263. The molecule has 1 aliphatic carbocycles. The summed E-state index contributed by atoms with van der Waals surface area (Å²) in [6.07, 6.45) is 28.4. The van der Waals surface area contributed by atoms with Crippen LogP contribution in [0.3, 0.4) is 0 Å². The van der Waals surface area contributed by atoms with Crippen LogP contribution in [0.4, 0.5) is 0 Å². The van der Waals surface area contributed by atoms with Crippen molar-refractivity contribution in [2.75, 3.05) is 0 Å². The van der Waals surface area contributed by atoms with E-state index in [1.165, 1.54) is 153 Å². The van der Waals surface area contributed by atoms with Crippen LogP contribution in [0, 0.1) is 0 Å². The Bertz CT molecular complexity index is 3330. The first-order chi connectivity index (χ1) is 34.5. The van der Waals surface area contributed by atoms with Gasteiger partial charge < -0.3 is 13.3 Å². The summed E-state index contributed by atoms with van der Waals surface area (Å²) in [6, 6.07) is 46.6. The quantitative estimate of drug-likeness (QED) is 0.0489. The van der Waals surface area contributed by atoms with Gasteiger partial charge in [-0.1, -0.05) is 188 Å². The van der Waals surface area contributed by atoms with Crippen molar-refractivity contribution < 1.29 is 13.3 Å². The molecule has 10 aromatic rings. The number of unbranched alkanes of at least 4 members (excludes halogenated alkanes) is 10. The molecule has 7 aromatic carbocycles. The largest absolute Gasteiger partial charge is 0.461 e.